The fourth-order valence-corrected chi connectivity index (χ4v) is 3.20. The molecule has 1 heterocycles. The average molecular weight is 297 g/mol. The molecule has 1 amide bonds. The minimum atomic E-state index is -0.817. The maximum absolute atomic E-state index is 12.7. The van der Waals surface area contributed by atoms with Crippen molar-refractivity contribution >= 4 is 22.6 Å². The molecule has 2 aromatic rings. The van der Waals surface area contributed by atoms with Crippen molar-refractivity contribution in [3.63, 3.8) is 0 Å². The summed E-state index contributed by atoms with van der Waals surface area (Å²) < 4.78 is 0. The number of fused-ring (bicyclic) bond motifs is 1. The van der Waals surface area contributed by atoms with E-state index < -0.39 is 11.9 Å². The maximum Gasteiger partial charge on any atom is 0.308 e. The van der Waals surface area contributed by atoms with Crippen molar-refractivity contribution in [3.8, 4) is 0 Å². The molecule has 3 rings (SSSR count). The summed E-state index contributed by atoms with van der Waals surface area (Å²) in [6.07, 6.45) is 0.636. The maximum atomic E-state index is 12.7. The topological polar surface area (TPSA) is 57.6 Å². The number of rotatable bonds is 2. The quantitative estimate of drug-likeness (QED) is 0.927. The lowest BCUT2D eigenvalue weighted by atomic mass is 9.90. The number of carboxylic acid groups (broad SMARTS) is 1. The molecule has 1 N–H and O–H groups in total. The molecule has 4 nitrogen and oxygen atoms in total. The fraction of sp³-hybridized carbons (Fsp3) is 0.333. The molecule has 114 valence electrons. The Morgan fingerprint density at radius 2 is 1.82 bits per heavy atom. The average Bonchev–Trinajstić information content (AvgIpc) is 2.53. The number of nitrogens with zero attached hydrogens (tertiary/aromatic N) is 1. The number of piperidine rings is 1. The van der Waals surface area contributed by atoms with Crippen LogP contribution in [0.5, 0.6) is 0 Å². The summed E-state index contributed by atoms with van der Waals surface area (Å²) in [5.74, 6) is -1.15. The summed E-state index contributed by atoms with van der Waals surface area (Å²) in [5.41, 5.74) is 0.622. The van der Waals surface area contributed by atoms with Crippen LogP contribution < -0.4 is 0 Å². The molecular formula is C18H19NO3. The molecule has 22 heavy (non-hydrogen) atoms. The van der Waals surface area contributed by atoms with Gasteiger partial charge in [0.05, 0.1) is 5.92 Å². The van der Waals surface area contributed by atoms with Gasteiger partial charge in [0.25, 0.3) is 5.91 Å². The van der Waals surface area contributed by atoms with Gasteiger partial charge in [-0.15, -0.1) is 0 Å². The highest BCUT2D eigenvalue weighted by Crippen LogP contribution is 2.24. The Morgan fingerprint density at radius 3 is 2.55 bits per heavy atom. The van der Waals surface area contributed by atoms with Gasteiger partial charge < -0.3 is 10.0 Å². The van der Waals surface area contributed by atoms with E-state index in [0.717, 1.165) is 10.8 Å². The summed E-state index contributed by atoms with van der Waals surface area (Å²) in [6, 6.07) is 13.5. The molecule has 0 radical (unpaired) electrons. The van der Waals surface area contributed by atoms with Gasteiger partial charge in [-0.05, 0) is 35.2 Å². The molecule has 0 aliphatic carbocycles. The minimum Gasteiger partial charge on any atom is -0.481 e. The van der Waals surface area contributed by atoms with Gasteiger partial charge in [0.15, 0.2) is 0 Å². The summed E-state index contributed by atoms with van der Waals surface area (Å²) >= 11 is 0. The van der Waals surface area contributed by atoms with Crippen molar-refractivity contribution in [1.82, 2.24) is 4.90 Å². The molecule has 0 aromatic heterocycles. The highest BCUT2D eigenvalue weighted by Gasteiger charge is 2.32. The van der Waals surface area contributed by atoms with Crippen LogP contribution in [0.25, 0.3) is 10.8 Å². The molecule has 0 spiro atoms. The second-order valence-electron chi connectivity index (χ2n) is 6.15. The lowest BCUT2D eigenvalue weighted by Gasteiger charge is -2.34. The van der Waals surface area contributed by atoms with E-state index in [2.05, 4.69) is 0 Å². The Morgan fingerprint density at radius 1 is 1.09 bits per heavy atom. The van der Waals surface area contributed by atoms with Crippen LogP contribution in [0.2, 0.25) is 0 Å². The van der Waals surface area contributed by atoms with Crippen molar-refractivity contribution < 1.29 is 14.7 Å². The third kappa shape index (κ3) is 2.82. The van der Waals surface area contributed by atoms with E-state index in [9.17, 15) is 14.7 Å². The molecule has 1 aliphatic rings. The molecule has 2 aromatic carbocycles. The molecule has 1 aliphatic heterocycles. The van der Waals surface area contributed by atoms with E-state index in [-0.39, 0.29) is 11.8 Å². The van der Waals surface area contributed by atoms with E-state index in [4.69, 9.17) is 0 Å². The van der Waals surface area contributed by atoms with Crippen LogP contribution in [-0.2, 0) is 4.79 Å². The predicted octanol–water partition coefficient (Wildman–Crippen LogP) is 3.02. The number of benzene rings is 2. The largest absolute Gasteiger partial charge is 0.481 e. The first-order valence-corrected chi connectivity index (χ1v) is 7.55. The number of hydrogen-bond donors (Lipinski definition) is 1. The monoisotopic (exact) mass is 297 g/mol. The highest BCUT2D eigenvalue weighted by molar-refractivity contribution is 5.98. The van der Waals surface area contributed by atoms with Crippen LogP contribution in [0.3, 0.4) is 0 Å². The Balaban J connectivity index is 1.86. The van der Waals surface area contributed by atoms with Gasteiger partial charge in [0, 0.05) is 18.7 Å². The first kappa shape index (κ1) is 14.6. The number of carbonyl (C=O) groups is 2. The Kier molecular flexibility index (Phi) is 3.84. The highest BCUT2D eigenvalue weighted by atomic mass is 16.4. The van der Waals surface area contributed by atoms with Crippen molar-refractivity contribution in [2.45, 2.75) is 13.3 Å². The lowest BCUT2D eigenvalue weighted by Crippen LogP contribution is -2.45. The third-order valence-corrected chi connectivity index (χ3v) is 4.29. The predicted molar refractivity (Wildman–Crippen MR) is 84.8 cm³/mol. The Bertz CT molecular complexity index is 725. The van der Waals surface area contributed by atoms with Gasteiger partial charge in [0.2, 0.25) is 0 Å². The zero-order chi connectivity index (χ0) is 15.7. The van der Waals surface area contributed by atoms with Crippen molar-refractivity contribution in [2.75, 3.05) is 13.1 Å². The van der Waals surface area contributed by atoms with E-state index in [0.29, 0.717) is 25.1 Å². The van der Waals surface area contributed by atoms with Gasteiger partial charge >= 0.3 is 5.97 Å². The number of likely N-dealkylation sites (tertiary alicyclic amines) is 1. The minimum absolute atomic E-state index is 0.0800. The van der Waals surface area contributed by atoms with E-state index >= 15 is 0 Å². The summed E-state index contributed by atoms with van der Waals surface area (Å²) in [7, 11) is 0. The molecule has 1 saturated heterocycles. The van der Waals surface area contributed by atoms with Crippen LogP contribution in [-0.4, -0.2) is 35.0 Å². The smallest absolute Gasteiger partial charge is 0.308 e. The summed E-state index contributed by atoms with van der Waals surface area (Å²) in [4.78, 5) is 25.6. The molecule has 2 atom stereocenters. The van der Waals surface area contributed by atoms with E-state index in [1.54, 1.807) is 4.90 Å². The molecule has 2 unspecified atom stereocenters. The van der Waals surface area contributed by atoms with E-state index in [1.807, 2.05) is 49.4 Å². The van der Waals surface area contributed by atoms with Crippen LogP contribution in [0, 0.1) is 11.8 Å². The molecule has 0 saturated carbocycles. The zero-order valence-electron chi connectivity index (χ0n) is 12.5. The lowest BCUT2D eigenvalue weighted by molar-refractivity contribution is -0.143. The van der Waals surface area contributed by atoms with Gasteiger partial charge in [-0.1, -0.05) is 37.3 Å². The molecular weight excluding hydrogens is 278 g/mol. The van der Waals surface area contributed by atoms with Crippen molar-refractivity contribution in [1.29, 1.82) is 0 Å². The van der Waals surface area contributed by atoms with Crippen molar-refractivity contribution in [3.05, 3.63) is 48.0 Å². The fourth-order valence-electron chi connectivity index (χ4n) is 3.20. The van der Waals surface area contributed by atoms with Crippen LogP contribution >= 0.6 is 0 Å². The van der Waals surface area contributed by atoms with Gasteiger partial charge in [-0.2, -0.15) is 0 Å². The first-order valence-electron chi connectivity index (χ1n) is 7.55. The van der Waals surface area contributed by atoms with Gasteiger partial charge in [-0.3, -0.25) is 9.59 Å². The third-order valence-electron chi connectivity index (χ3n) is 4.29. The number of amides is 1. The molecule has 1 fully saturated rings. The standard InChI is InChI=1S/C18H19NO3/c1-12-8-16(18(21)22)11-19(10-12)17(20)15-7-6-13-4-2-3-5-14(13)9-15/h2-7,9,12,16H,8,10-11H2,1H3,(H,21,22). The zero-order valence-corrected chi connectivity index (χ0v) is 12.5. The number of hydrogen-bond acceptors (Lipinski definition) is 2. The molecule has 4 heteroatoms. The SMILES string of the molecule is CC1CC(C(=O)O)CN(C(=O)c2ccc3ccccc3c2)C1. The van der Waals surface area contributed by atoms with E-state index in [1.165, 1.54) is 0 Å². The second kappa shape index (κ2) is 5.79. The Hall–Kier alpha value is -2.36. The van der Waals surface area contributed by atoms with Crippen LogP contribution in [0.15, 0.2) is 42.5 Å². The number of carbonyl (C=O) groups excluding carboxylic acids is 1. The van der Waals surface area contributed by atoms with Crippen LogP contribution in [0.1, 0.15) is 23.7 Å². The van der Waals surface area contributed by atoms with Gasteiger partial charge in [0.1, 0.15) is 0 Å². The summed E-state index contributed by atoms with van der Waals surface area (Å²) in [6.45, 7) is 2.91. The summed E-state index contributed by atoms with van der Waals surface area (Å²) in [5, 5.41) is 11.3. The van der Waals surface area contributed by atoms with Crippen molar-refractivity contribution in [2.24, 2.45) is 11.8 Å². The van der Waals surface area contributed by atoms with Gasteiger partial charge in [-0.25, -0.2) is 0 Å². The second-order valence-corrected chi connectivity index (χ2v) is 6.15. The number of carboxylic acids is 1. The number of aliphatic carboxylic acids is 1. The first-order chi connectivity index (χ1) is 10.5. The van der Waals surface area contributed by atoms with Crippen LogP contribution in [0.4, 0.5) is 0 Å². The molecule has 0 bridgehead atoms. The Labute approximate surface area is 129 Å². The normalized spacial score (nSPS) is 21.8.